The number of rotatable bonds is 2. The number of hydrogen-bond acceptors (Lipinski definition) is 5. The Balaban J connectivity index is 2.44. The fourth-order valence-corrected chi connectivity index (χ4v) is 2.38. The summed E-state index contributed by atoms with van der Waals surface area (Å²) >= 11 is 1.30. The van der Waals surface area contributed by atoms with E-state index in [2.05, 4.69) is 4.98 Å². The summed E-state index contributed by atoms with van der Waals surface area (Å²) in [6.45, 7) is 7.24. The molecule has 0 aliphatic rings. The van der Waals surface area contributed by atoms with Gasteiger partial charge in [0.2, 0.25) is 0 Å². The van der Waals surface area contributed by atoms with Gasteiger partial charge in [0.1, 0.15) is 11.4 Å². The van der Waals surface area contributed by atoms with Gasteiger partial charge in [-0.3, -0.25) is 0 Å². The van der Waals surface area contributed by atoms with E-state index in [1.165, 1.54) is 16.2 Å². The fourth-order valence-electron chi connectivity index (χ4n) is 1.74. The van der Waals surface area contributed by atoms with Crippen LogP contribution in [0.25, 0.3) is 0 Å². The first kappa shape index (κ1) is 15.3. The predicted molar refractivity (Wildman–Crippen MR) is 83.3 cm³/mol. The number of amides is 1. The molecule has 112 valence electrons. The van der Waals surface area contributed by atoms with Gasteiger partial charge in [-0.2, -0.15) is 0 Å². The Morgan fingerprint density at radius 1 is 1.38 bits per heavy atom. The zero-order chi connectivity index (χ0) is 15.6. The van der Waals surface area contributed by atoms with Crippen molar-refractivity contribution >= 4 is 28.2 Å². The first-order chi connectivity index (χ1) is 9.78. The van der Waals surface area contributed by atoms with Gasteiger partial charge >= 0.3 is 6.09 Å². The highest BCUT2D eigenvalue weighted by molar-refractivity contribution is 7.13. The van der Waals surface area contributed by atoms with Crippen molar-refractivity contribution in [1.82, 2.24) is 4.98 Å². The van der Waals surface area contributed by atoms with E-state index in [1.807, 2.05) is 13.0 Å². The molecule has 1 heterocycles. The molecule has 0 atom stereocenters. The Hall–Kier alpha value is -2.08. The quantitative estimate of drug-likeness (QED) is 0.902. The summed E-state index contributed by atoms with van der Waals surface area (Å²) in [4.78, 5) is 17.9. The molecular weight excluding hydrogens is 288 g/mol. The molecule has 6 heteroatoms. The molecule has 0 bridgehead atoms. The molecule has 0 unspecified atom stereocenters. The van der Waals surface area contributed by atoms with Gasteiger partial charge in [-0.15, -0.1) is 11.3 Å². The lowest BCUT2D eigenvalue weighted by Crippen LogP contribution is -2.33. The van der Waals surface area contributed by atoms with Gasteiger partial charge in [-0.1, -0.05) is 6.07 Å². The van der Waals surface area contributed by atoms with E-state index in [4.69, 9.17) is 4.74 Å². The number of aromatic hydroxyl groups is 1. The predicted octanol–water partition coefficient (Wildman–Crippen LogP) is 4.23. The standard InChI is InChI=1S/C15H18N2O3S/c1-10-5-6-11(12(18)9-10)17(13-16-7-8-21-13)14(19)20-15(2,3)4/h5-9,18H,1-4H3. The van der Waals surface area contributed by atoms with Gasteiger partial charge in [-0.25, -0.2) is 14.7 Å². The van der Waals surface area contributed by atoms with Gasteiger partial charge < -0.3 is 9.84 Å². The molecule has 5 nitrogen and oxygen atoms in total. The maximum Gasteiger partial charge on any atom is 0.421 e. The van der Waals surface area contributed by atoms with E-state index in [1.54, 1.807) is 44.5 Å². The van der Waals surface area contributed by atoms with Gasteiger partial charge in [-0.05, 0) is 45.4 Å². The van der Waals surface area contributed by atoms with Crippen molar-refractivity contribution in [3.8, 4) is 5.75 Å². The molecule has 1 aromatic carbocycles. The fraction of sp³-hybridized carbons (Fsp3) is 0.333. The van der Waals surface area contributed by atoms with Crippen molar-refractivity contribution < 1.29 is 14.6 Å². The molecule has 2 rings (SSSR count). The minimum atomic E-state index is -0.632. The minimum Gasteiger partial charge on any atom is -0.506 e. The van der Waals surface area contributed by atoms with Gasteiger partial charge in [0.25, 0.3) is 0 Å². The lowest BCUT2D eigenvalue weighted by molar-refractivity contribution is 0.0598. The summed E-state index contributed by atoms with van der Waals surface area (Å²) < 4.78 is 5.41. The Morgan fingerprint density at radius 3 is 2.62 bits per heavy atom. The number of anilines is 2. The number of phenolic OH excluding ortho intramolecular Hbond substituents is 1. The Labute approximate surface area is 127 Å². The number of aryl methyl sites for hydroxylation is 1. The summed E-state index contributed by atoms with van der Waals surface area (Å²) in [5.41, 5.74) is 0.622. The first-order valence-electron chi connectivity index (χ1n) is 6.50. The van der Waals surface area contributed by atoms with Crippen LogP contribution in [0.3, 0.4) is 0 Å². The van der Waals surface area contributed by atoms with E-state index in [0.717, 1.165) is 5.56 Å². The molecule has 0 fully saturated rings. The molecule has 0 saturated carbocycles. The third-order valence-corrected chi connectivity index (χ3v) is 3.32. The van der Waals surface area contributed by atoms with E-state index in [9.17, 15) is 9.90 Å². The van der Waals surface area contributed by atoms with Crippen LogP contribution in [0.5, 0.6) is 5.75 Å². The maximum atomic E-state index is 12.5. The number of ether oxygens (including phenoxy) is 1. The van der Waals surface area contributed by atoms with Crippen molar-refractivity contribution in [2.24, 2.45) is 0 Å². The molecule has 0 aliphatic heterocycles. The van der Waals surface area contributed by atoms with Crippen molar-refractivity contribution in [1.29, 1.82) is 0 Å². The Kier molecular flexibility index (Phi) is 4.18. The first-order valence-corrected chi connectivity index (χ1v) is 7.38. The van der Waals surface area contributed by atoms with Crippen LogP contribution in [0.2, 0.25) is 0 Å². The molecule has 21 heavy (non-hydrogen) atoms. The Bertz CT molecular complexity index is 633. The molecular formula is C15H18N2O3S. The Morgan fingerprint density at radius 2 is 2.10 bits per heavy atom. The van der Waals surface area contributed by atoms with Crippen molar-refractivity contribution in [3.63, 3.8) is 0 Å². The van der Waals surface area contributed by atoms with Crippen LogP contribution < -0.4 is 4.90 Å². The van der Waals surface area contributed by atoms with Gasteiger partial charge in [0.05, 0.1) is 5.69 Å². The second-order valence-electron chi connectivity index (χ2n) is 5.62. The summed E-state index contributed by atoms with van der Waals surface area (Å²) in [6.07, 6.45) is 1.03. The lowest BCUT2D eigenvalue weighted by Gasteiger charge is -2.26. The third kappa shape index (κ3) is 3.72. The molecule has 0 aliphatic carbocycles. The van der Waals surface area contributed by atoms with Crippen LogP contribution in [0.15, 0.2) is 29.8 Å². The third-order valence-electron chi connectivity index (χ3n) is 2.56. The molecule has 0 saturated heterocycles. The van der Waals surface area contributed by atoms with Crippen LogP contribution in [0.1, 0.15) is 26.3 Å². The molecule has 1 N–H and O–H groups in total. The maximum absolute atomic E-state index is 12.5. The molecule has 0 radical (unpaired) electrons. The van der Waals surface area contributed by atoms with E-state index in [-0.39, 0.29) is 5.75 Å². The number of nitrogens with zero attached hydrogens (tertiary/aromatic N) is 2. The highest BCUT2D eigenvalue weighted by Gasteiger charge is 2.28. The minimum absolute atomic E-state index is 0.0102. The summed E-state index contributed by atoms with van der Waals surface area (Å²) in [5.74, 6) is 0.0102. The summed E-state index contributed by atoms with van der Waals surface area (Å²) in [5, 5.41) is 12.3. The highest BCUT2D eigenvalue weighted by atomic mass is 32.1. The number of thiazole rings is 1. The molecule has 2 aromatic rings. The largest absolute Gasteiger partial charge is 0.506 e. The van der Waals surface area contributed by atoms with Gasteiger partial charge in [0.15, 0.2) is 5.13 Å². The lowest BCUT2D eigenvalue weighted by atomic mass is 10.2. The topological polar surface area (TPSA) is 62.7 Å². The van der Waals surface area contributed by atoms with Crippen molar-refractivity contribution in [2.45, 2.75) is 33.3 Å². The number of aromatic nitrogens is 1. The van der Waals surface area contributed by atoms with E-state index in [0.29, 0.717) is 10.8 Å². The summed E-state index contributed by atoms with van der Waals surface area (Å²) in [7, 11) is 0. The second kappa shape index (κ2) is 5.73. The van der Waals surface area contributed by atoms with E-state index < -0.39 is 11.7 Å². The molecule has 1 amide bonds. The number of phenols is 1. The number of benzene rings is 1. The second-order valence-corrected chi connectivity index (χ2v) is 6.50. The number of carbonyl (C=O) groups is 1. The van der Waals surface area contributed by atoms with Crippen LogP contribution >= 0.6 is 11.3 Å². The monoisotopic (exact) mass is 306 g/mol. The van der Waals surface area contributed by atoms with Crippen LogP contribution in [-0.4, -0.2) is 21.8 Å². The average Bonchev–Trinajstić information content (AvgIpc) is 2.83. The summed E-state index contributed by atoms with van der Waals surface area (Å²) in [6, 6.07) is 5.09. The average molecular weight is 306 g/mol. The smallest absolute Gasteiger partial charge is 0.421 e. The van der Waals surface area contributed by atoms with Crippen LogP contribution in [0, 0.1) is 6.92 Å². The number of carbonyl (C=O) groups excluding carboxylic acids is 1. The van der Waals surface area contributed by atoms with Crippen molar-refractivity contribution in [2.75, 3.05) is 4.90 Å². The zero-order valence-corrected chi connectivity index (χ0v) is 13.3. The van der Waals surface area contributed by atoms with Crippen LogP contribution in [0.4, 0.5) is 15.6 Å². The normalized spacial score (nSPS) is 11.2. The van der Waals surface area contributed by atoms with Gasteiger partial charge in [0, 0.05) is 11.6 Å². The van der Waals surface area contributed by atoms with E-state index >= 15 is 0 Å². The van der Waals surface area contributed by atoms with Crippen molar-refractivity contribution in [3.05, 3.63) is 35.3 Å². The SMILES string of the molecule is Cc1ccc(N(C(=O)OC(C)(C)C)c2nccs2)c(O)c1. The highest BCUT2D eigenvalue weighted by Crippen LogP contribution is 2.35. The number of hydrogen-bond donors (Lipinski definition) is 1. The molecule has 0 spiro atoms. The zero-order valence-electron chi connectivity index (χ0n) is 12.5. The molecule has 1 aromatic heterocycles. The van der Waals surface area contributed by atoms with Crippen LogP contribution in [-0.2, 0) is 4.74 Å².